The zero-order valence-corrected chi connectivity index (χ0v) is 24.9. The normalized spacial score (nSPS) is 12.3. The molecule has 0 atom stereocenters. The van der Waals surface area contributed by atoms with Gasteiger partial charge in [-0.3, -0.25) is 19.6 Å². The molecular formula is C25H21N5O11S3. The van der Waals surface area contributed by atoms with Crippen LogP contribution < -0.4 is 9.44 Å². The van der Waals surface area contributed by atoms with Gasteiger partial charge in [0.15, 0.2) is 9.84 Å². The number of nitrogens with one attached hydrogen (secondary N) is 2. The van der Waals surface area contributed by atoms with Gasteiger partial charge in [0.25, 0.3) is 15.7 Å². The van der Waals surface area contributed by atoms with E-state index >= 15 is 0 Å². The summed E-state index contributed by atoms with van der Waals surface area (Å²) in [6, 6.07) is 12.4. The molecule has 0 aromatic heterocycles. The number of carboxylic acid groups (broad SMARTS) is 1. The number of carbonyl (C=O) groups is 1. The lowest BCUT2D eigenvalue weighted by atomic mass is 10.0. The Kier molecular flexibility index (Phi) is 8.31. The van der Waals surface area contributed by atoms with Crippen LogP contribution in [0.5, 0.6) is 5.75 Å². The van der Waals surface area contributed by atoms with E-state index in [-0.39, 0.29) is 38.4 Å². The van der Waals surface area contributed by atoms with Crippen molar-refractivity contribution >= 4 is 75.1 Å². The fourth-order valence-corrected chi connectivity index (χ4v) is 6.52. The molecule has 0 bridgehead atoms. The van der Waals surface area contributed by atoms with E-state index in [0.29, 0.717) is 0 Å². The number of nitrogens with zero attached hydrogens (tertiary/aromatic N) is 3. The highest BCUT2D eigenvalue weighted by atomic mass is 32.2. The number of benzene rings is 4. The summed E-state index contributed by atoms with van der Waals surface area (Å²) >= 11 is 0. The maximum atomic E-state index is 13.3. The summed E-state index contributed by atoms with van der Waals surface area (Å²) in [5.41, 5.74) is -2.10. The predicted molar refractivity (Wildman–Crippen MR) is 159 cm³/mol. The lowest BCUT2D eigenvalue weighted by Crippen LogP contribution is -2.15. The first-order valence-corrected chi connectivity index (χ1v) is 17.2. The first-order chi connectivity index (χ1) is 20.4. The van der Waals surface area contributed by atoms with Crippen LogP contribution in [0.3, 0.4) is 0 Å². The molecule has 0 heterocycles. The lowest BCUT2D eigenvalue weighted by Gasteiger charge is -2.15. The minimum atomic E-state index is -4.44. The molecule has 44 heavy (non-hydrogen) atoms. The van der Waals surface area contributed by atoms with Crippen LogP contribution in [0.2, 0.25) is 0 Å². The number of carboxylic acids is 1. The highest BCUT2D eigenvalue weighted by Crippen LogP contribution is 2.42. The topological polar surface area (TPSA) is 252 Å². The summed E-state index contributed by atoms with van der Waals surface area (Å²) in [6.07, 6.45) is 1.67. The number of sulfone groups is 1. The van der Waals surface area contributed by atoms with Crippen LogP contribution in [-0.2, 0) is 29.9 Å². The average molecular weight is 664 g/mol. The lowest BCUT2D eigenvalue weighted by molar-refractivity contribution is -0.385. The summed E-state index contributed by atoms with van der Waals surface area (Å²) in [5.74, 6) is -2.31. The molecular weight excluding hydrogens is 643 g/mol. The van der Waals surface area contributed by atoms with E-state index in [9.17, 15) is 50.4 Å². The van der Waals surface area contributed by atoms with Gasteiger partial charge in [-0.2, -0.15) is 0 Å². The third kappa shape index (κ3) is 6.90. The van der Waals surface area contributed by atoms with Crippen molar-refractivity contribution in [3.63, 3.8) is 0 Å². The van der Waals surface area contributed by atoms with Gasteiger partial charge in [0.05, 0.1) is 27.4 Å². The Bertz CT molecular complexity index is 2220. The van der Waals surface area contributed by atoms with Gasteiger partial charge in [0, 0.05) is 34.8 Å². The quantitative estimate of drug-likeness (QED) is 0.106. The van der Waals surface area contributed by atoms with Crippen LogP contribution in [0.25, 0.3) is 10.8 Å². The number of anilines is 2. The molecule has 0 unspecified atom stereocenters. The van der Waals surface area contributed by atoms with Crippen LogP contribution >= 0.6 is 0 Å². The number of phenols is 1. The minimum absolute atomic E-state index is 0.0451. The second kappa shape index (κ2) is 11.5. The molecule has 19 heteroatoms. The number of rotatable bonds is 10. The van der Waals surface area contributed by atoms with Crippen LogP contribution in [-0.4, -0.2) is 58.9 Å². The molecule has 0 saturated carbocycles. The van der Waals surface area contributed by atoms with Gasteiger partial charge in [0.2, 0.25) is 10.0 Å². The monoisotopic (exact) mass is 663 g/mol. The maximum Gasteiger partial charge on any atom is 0.339 e. The third-order valence-electron chi connectivity index (χ3n) is 5.85. The second-order valence-corrected chi connectivity index (χ2v) is 14.6. The van der Waals surface area contributed by atoms with Crippen molar-refractivity contribution in [2.24, 2.45) is 10.2 Å². The van der Waals surface area contributed by atoms with Gasteiger partial charge in [-0.25, -0.2) is 30.0 Å². The van der Waals surface area contributed by atoms with Crippen LogP contribution in [0, 0.1) is 10.1 Å². The second-order valence-electron chi connectivity index (χ2n) is 9.21. The van der Waals surface area contributed by atoms with Crippen molar-refractivity contribution in [3.05, 3.63) is 82.4 Å². The Hall–Kier alpha value is -5.14. The molecule has 4 aromatic carbocycles. The summed E-state index contributed by atoms with van der Waals surface area (Å²) in [4.78, 5) is 21.3. The van der Waals surface area contributed by atoms with Crippen molar-refractivity contribution in [3.8, 4) is 5.75 Å². The highest BCUT2D eigenvalue weighted by Gasteiger charge is 2.23. The summed E-state index contributed by atoms with van der Waals surface area (Å²) < 4.78 is 79.0. The van der Waals surface area contributed by atoms with Crippen molar-refractivity contribution in [1.82, 2.24) is 0 Å². The van der Waals surface area contributed by atoms with Gasteiger partial charge < -0.3 is 10.2 Å². The molecule has 230 valence electrons. The first-order valence-electron chi connectivity index (χ1n) is 11.9. The van der Waals surface area contributed by atoms with E-state index in [0.717, 1.165) is 42.8 Å². The summed E-state index contributed by atoms with van der Waals surface area (Å²) in [7, 11) is -12.2. The Labute approximate surface area is 249 Å². The molecule has 0 radical (unpaired) electrons. The van der Waals surface area contributed by atoms with Crippen molar-refractivity contribution < 1.29 is 45.2 Å². The number of fused-ring (bicyclic) bond motifs is 1. The largest absolute Gasteiger partial charge is 0.506 e. The van der Waals surface area contributed by atoms with Crippen LogP contribution in [0.15, 0.2) is 86.7 Å². The van der Waals surface area contributed by atoms with Gasteiger partial charge in [-0.1, -0.05) is 18.2 Å². The highest BCUT2D eigenvalue weighted by molar-refractivity contribution is 7.93. The van der Waals surface area contributed by atoms with E-state index in [2.05, 4.69) is 19.7 Å². The zero-order chi connectivity index (χ0) is 32.6. The zero-order valence-electron chi connectivity index (χ0n) is 22.5. The Balaban J connectivity index is 1.91. The molecule has 0 aliphatic rings. The molecule has 0 amide bonds. The van der Waals surface area contributed by atoms with Gasteiger partial charge in [0.1, 0.15) is 21.9 Å². The minimum Gasteiger partial charge on any atom is -0.506 e. The molecule has 0 aliphatic heterocycles. The predicted octanol–water partition coefficient (Wildman–Crippen LogP) is 4.14. The first kappa shape index (κ1) is 31.8. The van der Waals surface area contributed by atoms with E-state index in [4.69, 9.17) is 0 Å². The third-order valence-corrected chi connectivity index (χ3v) is 8.95. The molecule has 0 spiro atoms. The standard InChI is InChI=1S/C25H21N5O11S3/c1-42(36,37)22-12-15(30(34)35)9-10-19(22)26-27-21-13-18(25(32)33)24(31)17-7-4-8-20(23(17)21)29-44(40,41)16-6-3-5-14(11-16)28-43(2,38)39/h3-13,28-29,31H,1-2H3,(H,32,33). The number of hydrogen-bond donors (Lipinski definition) is 4. The Morgan fingerprint density at radius 1 is 0.864 bits per heavy atom. The SMILES string of the molecule is CS(=O)(=O)Nc1cccc(S(=O)(=O)Nc2cccc3c(O)c(C(=O)O)cc(N=Nc4ccc([N+](=O)[O-])cc4S(C)(=O)=O)c23)c1. The number of non-ortho nitro benzene ring substituents is 1. The van der Waals surface area contributed by atoms with Crippen molar-refractivity contribution in [2.45, 2.75) is 9.79 Å². The number of nitro benzene ring substituents is 1. The molecule has 4 aromatic rings. The van der Waals surface area contributed by atoms with Crippen LogP contribution in [0.4, 0.5) is 28.4 Å². The fraction of sp³-hybridized carbons (Fsp3) is 0.0800. The molecule has 0 aliphatic carbocycles. The van der Waals surface area contributed by atoms with Crippen molar-refractivity contribution in [1.29, 1.82) is 0 Å². The van der Waals surface area contributed by atoms with Crippen LogP contribution in [0.1, 0.15) is 10.4 Å². The number of aromatic hydroxyl groups is 1. The van der Waals surface area contributed by atoms with Crippen molar-refractivity contribution in [2.75, 3.05) is 22.0 Å². The van der Waals surface area contributed by atoms with Gasteiger partial charge >= 0.3 is 5.97 Å². The Morgan fingerprint density at radius 3 is 2.14 bits per heavy atom. The molecule has 4 N–H and O–H groups in total. The van der Waals surface area contributed by atoms with Gasteiger partial charge in [-0.05, 0) is 36.4 Å². The maximum absolute atomic E-state index is 13.3. The number of sulfonamides is 2. The number of aromatic carboxylic acids is 1. The van der Waals surface area contributed by atoms with Gasteiger partial charge in [-0.15, -0.1) is 10.2 Å². The summed E-state index contributed by atoms with van der Waals surface area (Å²) in [5, 5.41) is 39.0. The number of azo groups is 1. The average Bonchev–Trinajstić information content (AvgIpc) is 2.91. The number of nitro groups is 1. The molecule has 0 fully saturated rings. The van der Waals surface area contributed by atoms with E-state index in [1.54, 1.807) is 0 Å². The Morgan fingerprint density at radius 2 is 1.52 bits per heavy atom. The fourth-order valence-electron chi connectivity index (χ4n) is 4.02. The molecule has 16 nitrogen and oxygen atoms in total. The van der Waals surface area contributed by atoms with E-state index < -0.39 is 62.7 Å². The molecule has 0 saturated heterocycles. The van der Waals surface area contributed by atoms with E-state index in [1.807, 2.05) is 0 Å². The molecule has 4 rings (SSSR count). The number of hydrogen-bond acceptors (Lipinski definition) is 12. The smallest absolute Gasteiger partial charge is 0.339 e. The summed E-state index contributed by atoms with van der Waals surface area (Å²) in [6.45, 7) is 0. The van der Waals surface area contributed by atoms with E-state index in [1.165, 1.54) is 36.4 Å².